The van der Waals surface area contributed by atoms with Crippen LogP contribution in [0.3, 0.4) is 0 Å². The van der Waals surface area contributed by atoms with E-state index in [1.807, 2.05) is 59.7 Å². The third-order valence-corrected chi connectivity index (χ3v) is 12.4. The summed E-state index contributed by atoms with van der Waals surface area (Å²) >= 11 is 3.04. The molecule has 3 aliphatic rings. The SMILES string of the molecule is Cc1cc2c(s1)-c1c(F)c3c(c(F)c1C2(C)C)-c1sc(CCCC2(C)C(=O)c4ccccc4C2=C(C#N)C#N)cc1C3(C)C. The van der Waals surface area contributed by atoms with E-state index in [9.17, 15) is 15.3 Å². The fourth-order valence-electron chi connectivity index (χ4n) is 7.95. The van der Waals surface area contributed by atoms with Crippen molar-refractivity contribution in [3.8, 4) is 33.0 Å². The lowest BCUT2D eigenvalue weighted by Gasteiger charge is -2.26. The number of rotatable bonds is 4. The van der Waals surface area contributed by atoms with Gasteiger partial charge in [-0.2, -0.15) is 10.5 Å². The molecule has 1 atom stereocenters. The van der Waals surface area contributed by atoms with E-state index in [-0.39, 0.29) is 23.0 Å². The van der Waals surface area contributed by atoms with Crippen molar-refractivity contribution in [3.63, 3.8) is 0 Å². The highest BCUT2D eigenvalue weighted by atomic mass is 32.1. The van der Waals surface area contributed by atoms with Gasteiger partial charge in [0, 0.05) is 63.7 Å². The van der Waals surface area contributed by atoms with E-state index in [2.05, 4.69) is 12.1 Å². The summed E-state index contributed by atoms with van der Waals surface area (Å²) < 4.78 is 33.4. The second-order valence-electron chi connectivity index (χ2n) is 13.5. The van der Waals surface area contributed by atoms with Crippen LogP contribution in [-0.4, -0.2) is 5.78 Å². The first-order valence-electron chi connectivity index (χ1n) is 14.8. The first-order valence-corrected chi connectivity index (χ1v) is 16.4. The average Bonchev–Trinajstić information content (AvgIpc) is 3.72. The Bertz CT molecular complexity index is 2080. The van der Waals surface area contributed by atoms with Gasteiger partial charge in [0.05, 0.1) is 5.41 Å². The van der Waals surface area contributed by atoms with E-state index < -0.39 is 16.2 Å². The molecule has 4 aromatic rings. The molecule has 0 bridgehead atoms. The van der Waals surface area contributed by atoms with Gasteiger partial charge in [-0.25, -0.2) is 8.78 Å². The highest BCUT2D eigenvalue weighted by Gasteiger charge is 2.50. The number of carbonyl (C=O) groups excluding carboxylic acids is 1. The van der Waals surface area contributed by atoms with Crippen molar-refractivity contribution >= 4 is 34.0 Å². The Balaban J connectivity index is 1.25. The van der Waals surface area contributed by atoms with Crippen molar-refractivity contribution in [2.75, 3.05) is 0 Å². The molecule has 0 amide bonds. The lowest BCUT2D eigenvalue weighted by atomic mass is 9.75. The Morgan fingerprint density at radius 3 is 1.98 bits per heavy atom. The largest absolute Gasteiger partial charge is 0.293 e. The molecule has 3 aliphatic carbocycles. The van der Waals surface area contributed by atoms with Crippen LogP contribution in [0, 0.1) is 46.6 Å². The molecule has 0 radical (unpaired) electrons. The van der Waals surface area contributed by atoms with Crippen molar-refractivity contribution < 1.29 is 13.6 Å². The maximum atomic E-state index is 16.7. The maximum Gasteiger partial charge on any atom is 0.173 e. The zero-order valence-corrected chi connectivity index (χ0v) is 27.1. The number of hydrogen-bond donors (Lipinski definition) is 0. The number of carbonyl (C=O) groups is 1. The monoisotopic (exact) mass is 620 g/mol. The van der Waals surface area contributed by atoms with Crippen LogP contribution >= 0.6 is 22.7 Å². The lowest BCUT2D eigenvalue weighted by molar-refractivity contribution is 0.0880. The van der Waals surface area contributed by atoms with Gasteiger partial charge in [0.25, 0.3) is 0 Å². The molecule has 44 heavy (non-hydrogen) atoms. The van der Waals surface area contributed by atoms with Crippen LogP contribution in [0.5, 0.6) is 0 Å². The predicted molar refractivity (Wildman–Crippen MR) is 172 cm³/mol. The van der Waals surface area contributed by atoms with E-state index >= 15 is 8.78 Å². The molecule has 2 aromatic heterocycles. The van der Waals surface area contributed by atoms with Crippen LogP contribution in [-0.2, 0) is 17.3 Å². The fourth-order valence-corrected chi connectivity index (χ4v) is 10.6. The summed E-state index contributed by atoms with van der Waals surface area (Å²) in [5.41, 5.74) is 2.96. The second kappa shape index (κ2) is 9.30. The van der Waals surface area contributed by atoms with Gasteiger partial charge in [0.1, 0.15) is 29.3 Å². The highest BCUT2D eigenvalue weighted by Crippen LogP contribution is 2.62. The molecule has 0 saturated heterocycles. The van der Waals surface area contributed by atoms with Crippen molar-refractivity contribution in [2.45, 2.75) is 71.6 Å². The van der Waals surface area contributed by atoms with Crippen LogP contribution < -0.4 is 0 Å². The summed E-state index contributed by atoms with van der Waals surface area (Å²) in [5, 5.41) is 19.4. The molecule has 0 N–H and O–H groups in total. The van der Waals surface area contributed by atoms with Crippen LogP contribution in [0.2, 0.25) is 0 Å². The minimum atomic E-state index is -0.990. The topological polar surface area (TPSA) is 64.7 Å². The van der Waals surface area contributed by atoms with Crippen LogP contribution in [0.4, 0.5) is 8.78 Å². The van der Waals surface area contributed by atoms with Crippen molar-refractivity contribution in [1.29, 1.82) is 10.5 Å². The average molecular weight is 621 g/mol. The zero-order chi connectivity index (χ0) is 31.5. The van der Waals surface area contributed by atoms with Gasteiger partial charge in [-0.15, -0.1) is 22.7 Å². The number of benzene rings is 2. The lowest BCUT2D eigenvalue weighted by Crippen LogP contribution is -2.24. The van der Waals surface area contributed by atoms with Crippen LogP contribution in [0.25, 0.3) is 26.5 Å². The number of thiophene rings is 2. The molecule has 0 spiro atoms. The van der Waals surface area contributed by atoms with Crippen molar-refractivity contribution in [3.05, 3.63) is 96.7 Å². The molecule has 1 unspecified atom stereocenters. The third-order valence-electron chi connectivity index (χ3n) is 10.1. The van der Waals surface area contributed by atoms with Gasteiger partial charge in [0.2, 0.25) is 0 Å². The molecule has 220 valence electrons. The normalized spacial score (nSPS) is 19.6. The Morgan fingerprint density at radius 1 is 0.841 bits per heavy atom. The zero-order valence-electron chi connectivity index (χ0n) is 25.5. The smallest absolute Gasteiger partial charge is 0.173 e. The van der Waals surface area contributed by atoms with Crippen molar-refractivity contribution in [1.82, 2.24) is 0 Å². The molecule has 7 heteroatoms. The highest BCUT2D eigenvalue weighted by molar-refractivity contribution is 7.16. The van der Waals surface area contributed by atoms with Gasteiger partial charge >= 0.3 is 0 Å². The summed E-state index contributed by atoms with van der Waals surface area (Å²) in [6.07, 6.45) is 1.73. The predicted octanol–water partition coefficient (Wildman–Crippen LogP) is 10.0. The molecule has 0 saturated carbocycles. The van der Waals surface area contributed by atoms with Gasteiger partial charge in [-0.3, -0.25) is 4.79 Å². The van der Waals surface area contributed by atoms with Gasteiger partial charge < -0.3 is 0 Å². The molecule has 2 aromatic carbocycles. The minimum Gasteiger partial charge on any atom is -0.293 e. The summed E-state index contributed by atoms with van der Waals surface area (Å²) in [7, 11) is 0. The second-order valence-corrected chi connectivity index (χ2v) is 15.9. The summed E-state index contributed by atoms with van der Waals surface area (Å²) in [5.74, 6) is -0.704. The number of fused-ring (bicyclic) bond motifs is 7. The third kappa shape index (κ3) is 3.52. The Kier molecular flexibility index (Phi) is 6.10. The van der Waals surface area contributed by atoms with Crippen LogP contribution in [0.15, 0.2) is 42.0 Å². The number of nitriles is 2. The van der Waals surface area contributed by atoms with E-state index in [0.717, 1.165) is 30.6 Å². The Labute approximate surface area is 264 Å². The summed E-state index contributed by atoms with van der Waals surface area (Å²) in [4.78, 5) is 17.4. The van der Waals surface area contributed by atoms with Crippen LogP contribution in [0.1, 0.15) is 95.4 Å². The van der Waals surface area contributed by atoms with E-state index in [0.29, 0.717) is 58.2 Å². The summed E-state index contributed by atoms with van der Waals surface area (Å²) in [6, 6.07) is 15.3. The number of Topliss-reactive ketones (excluding diaryl/α,β-unsaturated/α-hetero) is 1. The van der Waals surface area contributed by atoms with E-state index in [1.165, 1.54) is 22.7 Å². The molecular formula is C37H30F2N2OS2. The standard InChI is InChI=1S/C37H30F2N2OS2/c1-18-14-23-32(43-18)25-28(35(23,2)3)31(39)26-29(30(25)38)36(4,5)24-15-20(44-33(24)26)10-9-13-37(6)27(19(16-40)17-41)21-11-7-8-12-22(21)34(37)42/h7-8,11-12,14-15H,9-10,13H2,1-6H3. The number of nitrogens with zero attached hydrogens (tertiary/aromatic N) is 2. The van der Waals surface area contributed by atoms with Crippen molar-refractivity contribution in [2.24, 2.45) is 5.41 Å². The van der Waals surface area contributed by atoms with Gasteiger partial charge in [0.15, 0.2) is 5.78 Å². The quantitative estimate of drug-likeness (QED) is 0.213. The number of ketones is 1. The maximum absolute atomic E-state index is 16.7. The fraction of sp³-hybridized carbons (Fsp3) is 0.324. The number of aryl methyl sites for hydroxylation is 2. The molecular weight excluding hydrogens is 591 g/mol. The molecule has 0 aliphatic heterocycles. The molecule has 0 fully saturated rings. The van der Waals surface area contributed by atoms with Gasteiger partial charge in [-0.1, -0.05) is 52.0 Å². The Morgan fingerprint density at radius 2 is 1.39 bits per heavy atom. The Hall–Kier alpha value is -3.91. The van der Waals surface area contributed by atoms with E-state index in [4.69, 9.17) is 0 Å². The number of allylic oxidation sites excluding steroid dienone is 2. The molecule has 3 nitrogen and oxygen atoms in total. The minimum absolute atomic E-state index is 0.0308. The number of hydrogen-bond acceptors (Lipinski definition) is 5. The molecule has 2 heterocycles. The molecule has 7 rings (SSSR count). The first kappa shape index (κ1) is 28.8. The number of halogens is 2. The summed E-state index contributed by atoms with van der Waals surface area (Å²) in [6.45, 7) is 11.7. The first-order chi connectivity index (χ1) is 20.8. The van der Waals surface area contributed by atoms with Gasteiger partial charge in [-0.05, 0) is 61.9 Å². The van der Waals surface area contributed by atoms with E-state index in [1.54, 1.807) is 18.2 Å².